The van der Waals surface area contributed by atoms with Crippen LogP contribution in [0.25, 0.3) is 0 Å². The van der Waals surface area contributed by atoms with Gasteiger partial charge in [0.25, 0.3) is 0 Å². The Balaban J connectivity index is 2.18. The predicted molar refractivity (Wildman–Crippen MR) is 75.8 cm³/mol. The molecule has 0 bridgehead atoms. The molecule has 1 aromatic rings. The van der Waals surface area contributed by atoms with Crippen molar-refractivity contribution in [3.8, 4) is 0 Å². The molecule has 0 aromatic carbocycles. The van der Waals surface area contributed by atoms with Gasteiger partial charge in [-0.3, -0.25) is 0 Å². The monoisotopic (exact) mass is 255 g/mol. The summed E-state index contributed by atoms with van der Waals surface area (Å²) in [7, 11) is 0. The lowest BCUT2D eigenvalue weighted by Gasteiger charge is -2.24. The minimum Gasteiger partial charge on any atom is -0.377 e. The summed E-state index contributed by atoms with van der Waals surface area (Å²) in [6.07, 6.45) is 2.42. The van der Waals surface area contributed by atoms with E-state index in [1.165, 1.54) is 4.88 Å². The number of thiophene rings is 1. The molecule has 2 nitrogen and oxygen atoms in total. The third-order valence-electron chi connectivity index (χ3n) is 2.60. The molecule has 1 unspecified atom stereocenters. The maximum atomic E-state index is 5.90. The normalized spacial score (nSPS) is 13.9. The largest absolute Gasteiger partial charge is 0.377 e. The van der Waals surface area contributed by atoms with Crippen LogP contribution in [0, 0.1) is 0 Å². The first-order chi connectivity index (χ1) is 8.01. The maximum absolute atomic E-state index is 5.90. The molecule has 3 heteroatoms. The number of nitrogens with one attached hydrogen (secondary N) is 1. The lowest BCUT2D eigenvalue weighted by atomic mass is 10.1. The molecule has 0 aliphatic rings. The Bertz CT molecular complexity index is 290. The lowest BCUT2D eigenvalue weighted by Crippen LogP contribution is -2.41. The van der Waals surface area contributed by atoms with Gasteiger partial charge in [-0.1, -0.05) is 13.0 Å². The second kappa shape index (κ2) is 7.14. The Morgan fingerprint density at radius 2 is 2.18 bits per heavy atom. The smallest absolute Gasteiger partial charge is 0.0697 e. The Hall–Kier alpha value is -0.380. The van der Waals surface area contributed by atoms with Crippen molar-refractivity contribution in [2.75, 3.05) is 13.2 Å². The van der Waals surface area contributed by atoms with Gasteiger partial charge in [-0.25, -0.2) is 0 Å². The van der Waals surface area contributed by atoms with Crippen molar-refractivity contribution in [2.45, 2.75) is 52.2 Å². The van der Waals surface area contributed by atoms with E-state index < -0.39 is 0 Å². The first-order valence-corrected chi connectivity index (χ1v) is 7.28. The second-order valence-corrected chi connectivity index (χ2v) is 6.39. The van der Waals surface area contributed by atoms with Gasteiger partial charge in [-0.05, 0) is 38.6 Å². The van der Waals surface area contributed by atoms with Gasteiger partial charge in [0.2, 0.25) is 0 Å². The molecule has 1 aromatic heterocycles. The quantitative estimate of drug-likeness (QED) is 0.805. The predicted octanol–water partition coefficient (Wildman–Crippen LogP) is 3.47. The summed E-state index contributed by atoms with van der Waals surface area (Å²) in [5, 5.41) is 5.61. The van der Waals surface area contributed by atoms with E-state index in [4.69, 9.17) is 4.74 Å². The lowest BCUT2D eigenvalue weighted by molar-refractivity contribution is 0.0489. The SMILES string of the molecule is CCC(CNC(C)(C)C)OCCc1cccs1. The molecule has 1 N–H and O–H groups in total. The fraction of sp³-hybridized carbons (Fsp3) is 0.714. The highest BCUT2D eigenvalue weighted by Crippen LogP contribution is 2.10. The fourth-order valence-electron chi connectivity index (χ4n) is 1.52. The summed E-state index contributed by atoms with van der Waals surface area (Å²) >= 11 is 1.80. The zero-order valence-corrected chi connectivity index (χ0v) is 12.3. The van der Waals surface area contributed by atoms with Gasteiger partial charge < -0.3 is 10.1 Å². The van der Waals surface area contributed by atoms with Crippen LogP contribution < -0.4 is 5.32 Å². The molecule has 0 amide bonds. The molecular formula is C14H25NOS. The van der Waals surface area contributed by atoms with E-state index in [9.17, 15) is 0 Å². The molecule has 0 spiro atoms. The van der Waals surface area contributed by atoms with Gasteiger partial charge in [0, 0.05) is 23.4 Å². The van der Waals surface area contributed by atoms with Crippen molar-refractivity contribution in [1.29, 1.82) is 0 Å². The number of hydrogen-bond donors (Lipinski definition) is 1. The summed E-state index contributed by atoms with van der Waals surface area (Å²) in [5.41, 5.74) is 0.171. The molecule has 98 valence electrons. The van der Waals surface area contributed by atoms with Crippen molar-refractivity contribution < 1.29 is 4.74 Å². The van der Waals surface area contributed by atoms with Gasteiger partial charge >= 0.3 is 0 Å². The Morgan fingerprint density at radius 3 is 2.71 bits per heavy atom. The third kappa shape index (κ3) is 6.81. The van der Waals surface area contributed by atoms with Crippen molar-refractivity contribution in [2.24, 2.45) is 0 Å². The molecule has 0 aliphatic heterocycles. The van der Waals surface area contributed by atoms with E-state index in [0.717, 1.165) is 26.0 Å². The molecule has 0 aliphatic carbocycles. The minimum absolute atomic E-state index is 0.171. The summed E-state index contributed by atoms with van der Waals surface area (Å²) in [6, 6.07) is 4.26. The highest BCUT2D eigenvalue weighted by atomic mass is 32.1. The van der Waals surface area contributed by atoms with E-state index >= 15 is 0 Å². The van der Waals surface area contributed by atoms with Gasteiger partial charge in [0.1, 0.15) is 0 Å². The van der Waals surface area contributed by atoms with Crippen LogP contribution in [-0.2, 0) is 11.2 Å². The zero-order valence-electron chi connectivity index (χ0n) is 11.5. The fourth-order valence-corrected chi connectivity index (χ4v) is 2.21. The van der Waals surface area contributed by atoms with Crippen LogP contribution in [0.3, 0.4) is 0 Å². The van der Waals surface area contributed by atoms with E-state index in [1.54, 1.807) is 11.3 Å². The summed E-state index contributed by atoms with van der Waals surface area (Å²) < 4.78 is 5.90. The molecular weight excluding hydrogens is 230 g/mol. The van der Waals surface area contributed by atoms with Crippen molar-refractivity contribution >= 4 is 11.3 Å². The average Bonchev–Trinajstić information content (AvgIpc) is 2.74. The van der Waals surface area contributed by atoms with E-state index in [-0.39, 0.29) is 5.54 Å². The minimum atomic E-state index is 0.171. The topological polar surface area (TPSA) is 21.3 Å². The maximum Gasteiger partial charge on any atom is 0.0697 e. The molecule has 0 fully saturated rings. The van der Waals surface area contributed by atoms with Gasteiger partial charge in [-0.2, -0.15) is 0 Å². The van der Waals surface area contributed by atoms with Gasteiger partial charge in [-0.15, -0.1) is 11.3 Å². The van der Waals surface area contributed by atoms with Crippen LogP contribution in [0.15, 0.2) is 17.5 Å². The summed E-state index contributed by atoms with van der Waals surface area (Å²) in [6.45, 7) is 10.5. The Labute approximate surface area is 109 Å². The average molecular weight is 255 g/mol. The molecule has 1 rings (SSSR count). The standard InChI is InChI=1S/C14H25NOS/c1-5-12(11-15-14(2,3)4)16-9-8-13-7-6-10-17-13/h6-7,10,12,15H,5,8-9,11H2,1-4H3. The Morgan fingerprint density at radius 1 is 1.41 bits per heavy atom. The van der Waals surface area contributed by atoms with E-state index in [1.807, 2.05) is 0 Å². The van der Waals surface area contributed by atoms with Crippen LogP contribution in [0.1, 0.15) is 39.0 Å². The van der Waals surface area contributed by atoms with Crippen LogP contribution in [0.5, 0.6) is 0 Å². The first kappa shape index (κ1) is 14.7. The highest BCUT2D eigenvalue weighted by Gasteiger charge is 2.13. The third-order valence-corrected chi connectivity index (χ3v) is 3.53. The van der Waals surface area contributed by atoms with E-state index in [2.05, 4.69) is 50.5 Å². The van der Waals surface area contributed by atoms with Crippen molar-refractivity contribution in [3.63, 3.8) is 0 Å². The highest BCUT2D eigenvalue weighted by molar-refractivity contribution is 7.09. The molecule has 1 atom stereocenters. The first-order valence-electron chi connectivity index (χ1n) is 6.40. The second-order valence-electron chi connectivity index (χ2n) is 5.36. The summed E-state index contributed by atoms with van der Waals surface area (Å²) in [4.78, 5) is 1.41. The van der Waals surface area contributed by atoms with Gasteiger partial charge in [0.15, 0.2) is 0 Å². The summed E-state index contributed by atoms with van der Waals surface area (Å²) in [5.74, 6) is 0. The van der Waals surface area contributed by atoms with Crippen LogP contribution in [0.2, 0.25) is 0 Å². The molecule has 0 saturated heterocycles. The number of hydrogen-bond acceptors (Lipinski definition) is 3. The van der Waals surface area contributed by atoms with Crippen molar-refractivity contribution in [3.05, 3.63) is 22.4 Å². The number of rotatable bonds is 7. The molecule has 17 heavy (non-hydrogen) atoms. The van der Waals surface area contributed by atoms with Crippen LogP contribution in [0.4, 0.5) is 0 Å². The zero-order chi connectivity index (χ0) is 12.7. The van der Waals surface area contributed by atoms with Gasteiger partial charge in [0.05, 0.1) is 12.7 Å². The van der Waals surface area contributed by atoms with Crippen LogP contribution >= 0.6 is 11.3 Å². The van der Waals surface area contributed by atoms with Crippen LogP contribution in [-0.4, -0.2) is 24.8 Å². The molecule has 0 radical (unpaired) electrons. The van der Waals surface area contributed by atoms with E-state index in [0.29, 0.717) is 6.10 Å². The van der Waals surface area contributed by atoms with Crippen molar-refractivity contribution in [1.82, 2.24) is 5.32 Å². The molecule has 1 heterocycles. The Kier molecular flexibility index (Phi) is 6.17. The number of ether oxygens (including phenoxy) is 1. The molecule has 0 saturated carbocycles.